The molecule has 0 aliphatic carbocycles. The third-order valence-electron chi connectivity index (χ3n) is 3.77. The number of nitrogens with one attached hydrogen (secondary N) is 1. The second-order valence-corrected chi connectivity index (χ2v) is 6.12. The van der Waals surface area contributed by atoms with Gasteiger partial charge < -0.3 is 9.64 Å². The van der Waals surface area contributed by atoms with Crippen molar-refractivity contribution in [3.8, 4) is 0 Å². The van der Waals surface area contributed by atoms with Gasteiger partial charge in [0.25, 0.3) is 5.91 Å². The third-order valence-corrected chi connectivity index (χ3v) is 4.02. The van der Waals surface area contributed by atoms with Gasteiger partial charge in [-0.05, 0) is 30.7 Å². The van der Waals surface area contributed by atoms with E-state index in [0.717, 1.165) is 25.9 Å². The van der Waals surface area contributed by atoms with Crippen LogP contribution in [0.1, 0.15) is 29.5 Å². The maximum Gasteiger partial charge on any atom is 0.258 e. The van der Waals surface area contributed by atoms with Gasteiger partial charge in [-0.25, -0.2) is 0 Å². The highest BCUT2D eigenvalue weighted by molar-refractivity contribution is 6.30. The van der Waals surface area contributed by atoms with Gasteiger partial charge in [-0.1, -0.05) is 18.5 Å². The van der Waals surface area contributed by atoms with Crippen molar-refractivity contribution in [2.24, 2.45) is 0 Å². The lowest BCUT2D eigenvalue weighted by molar-refractivity contribution is 0.102. The fourth-order valence-corrected chi connectivity index (χ4v) is 2.60. The Morgan fingerprint density at radius 1 is 1.19 bits per heavy atom. The van der Waals surface area contributed by atoms with Crippen molar-refractivity contribution in [1.29, 1.82) is 0 Å². The first-order valence-electron chi connectivity index (χ1n) is 8.30. The summed E-state index contributed by atoms with van der Waals surface area (Å²) >= 11 is 5.86. The van der Waals surface area contributed by atoms with Crippen LogP contribution in [0, 0.1) is 0 Å². The average Bonchev–Trinajstić information content (AvgIpc) is 2.63. The van der Waals surface area contributed by atoms with Crippen LogP contribution in [0.5, 0.6) is 0 Å². The van der Waals surface area contributed by atoms with E-state index in [1.165, 1.54) is 0 Å². The molecular weight excluding hydrogens is 377 g/mol. The first kappa shape index (κ1) is 20.4. The van der Waals surface area contributed by atoms with E-state index < -0.39 is 0 Å². The number of nitrogens with zero attached hydrogens (tertiary/aromatic N) is 4. The van der Waals surface area contributed by atoms with E-state index in [1.807, 2.05) is 4.90 Å². The summed E-state index contributed by atoms with van der Waals surface area (Å²) in [4.78, 5) is 27.7. The molecule has 1 N–H and O–H groups in total. The second kappa shape index (κ2) is 9.66. The van der Waals surface area contributed by atoms with Crippen LogP contribution in [0.15, 0.2) is 24.3 Å². The summed E-state index contributed by atoms with van der Waals surface area (Å²) in [5, 5.41) is 3.33. The molecule has 1 saturated heterocycles. The fourth-order valence-electron chi connectivity index (χ4n) is 2.48. The predicted octanol–water partition coefficient (Wildman–Crippen LogP) is 2.99. The second-order valence-electron chi connectivity index (χ2n) is 5.69. The number of benzene rings is 1. The Kier molecular flexibility index (Phi) is 7.56. The van der Waals surface area contributed by atoms with Gasteiger partial charge in [0.15, 0.2) is 0 Å². The van der Waals surface area contributed by atoms with Crippen molar-refractivity contribution in [2.75, 3.05) is 36.5 Å². The van der Waals surface area contributed by atoms with Gasteiger partial charge in [-0.15, -0.1) is 12.4 Å². The van der Waals surface area contributed by atoms with Gasteiger partial charge in [-0.3, -0.25) is 10.1 Å². The minimum absolute atomic E-state index is 0. The van der Waals surface area contributed by atoms with Gasteiger partial charge in [-0.2, -0.15) is 15.0 Å². The number of halogens is 2. The fraction of sp³-hybridized carbons (Fsp3) is 0.412. The van der Waals surface area contributed by atoms with E-state index in [-0.39, 0.29) is 24.3 Å². The van der Waals surface area contributed by atoms with Gasteiger partial charge in [0, 0.05) is 30.1 Å². The zero-order chi connectivity index (χ0) is 17.6. The summed E-state index contributed by atoms with van der Waals surface area (Å²) in [7, 11) is 0. The Balaban J connectivity index is 0.00000243. The molecular formula is C17H21Cl2N5O2. The first-order chi connectivity index (χ1) is 12.2. The third kappa shape index (κ3) is 5.27. The normalized spacial score (nSPS) is 13.8. The van der Waals surface area contributed by atoms with Crippen LogP contribution in [0.2, 0.25) is 5.02 Å². The molecule has 0 unspecified atom stereocenters. The highest BCUT2D eigenvalue weighted by atomic mass is 35.5. The van der Waals surface area contributed by atoms with E-state index in [4.69, 9.17) is 16.3 Å². The lowest BCUT2D eigenvalue weighted by atomic mass is 10.2. The molecule has 9 heteroatoms. The zero-order valence-corrected chi connectivity index (χ0v) is 16.0. The van der Waals surface area contributed by atoms with Crippen LogP contribution in [-0.4, -0.2) is 47.2 Å². The Morgan fingerprint density at radius 3 is 2.54 bits per heavy atom. The van der Waals surface area contributed by atoms with Crippen molar-refractivity contribution >= 4 is 41.8 Å². The SMILES string of the molecule is CCCc1nc(NC(=O)c2ccc(Cl)cc2)nc(N2CCOCC2)n1.Cl. The molecule has 1 amide bonds. The monoisotopic (exact) mass is 397 g/mol. The molecule has 140 valence electrons. The average molecular weight is 398 g/mol. The summed E-state index contributed by atoms with van der Waals surface area (Å²) in [6, 6.07) is 6.67. The Morgan fingerprint density at radius 2 is 1.88 bits per heavy atom. The topological polar surface area (TPSA) is 80.2 Å². The molecule has 0 bridgehead atoms. The summed E-state index contributed by atoms with van der Waals surface area (Å²) in [5.41, 5.74) is 0.495. The maximum absolute atomic E-state index is 12.4. The Hall–Kier alpha value is -1.96. The Bertz CT molecular complexity index is 736. The molecule has 3 rings (SSSR count). The molecule has 1 aliphatic heterocycles. The highest BCUT2D eigenvalue weighted by Crippen LogP contribution is 2.15. The number of hydrogen-bond acceptors (Lipinski definition) is 6. The van der Waals surface area contributed by atoms with Crippen LogP contribution in [-0.2, 0) is 11.2 Å². The van der Waals surface area contributed by atoms with Crippen molar-refractivity contribution in [2.45, 2.75) is 19.8 Å². The summed E-state index contributed by atoms with van der Waals surface area (Å²) < 4.78 is 5.37. The van der Waals surface area contributed by atoms with Crippen molar-refractivity contribution in [3.63, 3.8) is 0 Å². The van der Waals surface area contributed by atoms with Crippen LogP contribution in [0.4, 0.5) is 11.9 Å². The number of aryl methyl sites for hydroxylation is 1. The highest BCUT2D eigenvalue weighted by Gasteiger charge is 2.17. The summed E-state index contributed by atoms with van der Waals surface area (Å²) in [6.45, 7) is 4.78. The van der Waals surface area contributed by atoms with E-state index in [0.29, 0.717) is 35.6 Å². The number of morpholine rings is 1. The van der Waals surface area contributed by atoms with Crippen molar-refractivity contribution in [1.82, 2.24) is 15.0 Å². The molecule has 1 aromatic heterocycles. The quantitative estimate of drug-likeness (QED) is 0.834. The van der Waals surface area contributed by atoms with E-state index in [1.54, 1.807) is 24.3 Å². The molecule has 2 aromatic rings. The minimum atomic E-state index is -0.279. The number of amides is 1. The van der Waals surface area contributed by atoms with Crippen LogP contribution >= 0.6 is 24.0 Å². The number of anilines is 2. The van der Waals surface area contributed by atoms with Crippen LogP contribution in [0.25, 0.3) is 0 Å². The molecule has 0 saturated carbocycles. The number of hydrogen-bond donors (Lipinski definition) is 1. The molecule has 1 aliphatic rings. The lowest BCUT2D eigenvalue weighted by Crippen LogP contribution is -2.37. The smallest absolute Gasteiger partial charge is 0.258 e. The van der Waals surface area contributed by atoms with Gasteiger partial charge in [0.2, 0.25) is 11.9 Å². The molecule has 1 aromatic carbocycles. The number of ether oxygens (including phenoxy) is 1. The van der Waals surface area contributed by atoms with E-state index in [2.05, 4.69) is 27.2 Å². The number of carbonyl (C=O) groups excluding carboxylic acids is 1. The molecule has 0 radical (unpaired) electrons. The number of carbonyl (C=O) groups is 1. The van der Waals surface area contributed by atoms with Crippen molar-refractivity contribution in [3.05, 3.63) is 40.7 Å². The van der Waals surface area contributed by atoms with Crippen LogP contribution < -0.4 is 10.2 Å². The molecule has 0 spiro atoms. The predicted molar refractivity (Wildman–Crippen MR) is 104 cm³/mol. The van der Waals surface area contributed by atoms with Crippen molar-refractivity contribution < 1.29 is 9.53 Å². The maximum atomic E-state index is 12.4. The van der Waals surface area contributed by atoms with Gasteiger partial charge in [0.1, 0.15) is 5.82 Å². The van der Waals surface area contributed by atoms with Gasteiger partial charge >= 0.3 is 0 Å². The molecule has 2 heterocycles. The number of rotatable bonds is 5. The largest absolute Gasteiger partial charge is 0.378 e. The first-order valence-corrected chi connectivity index (χ1v) is 8.68. The van der Waals surface area contributed by atoms with E-state index >= 15 is 0 Å². The molecule has 26 heavy (non-hydrogen) atoms. The minimum Gasteiger partial charge on any atom is -0.378 e. The van der Waals surface area contributed by atoms with E-state index in [9.17, 15) is 4.79 Å². The summed E-state index contributed by atoms with van der Waals surface area (Å²) in [6.07, 6.45) is 1.64. The lowest BCUT2D eigenvalue weighted by Gasteiger charge is -2.27. The molecule has 0 atom stereocenters. The summed E-state index contributed by atoms with van der Waals surface area (Å²) in [5.74, 6) is 1.23. The van der Waals surface area contributed by atoms with Gasteiger partial charge in [0.05, 0.1) is 13.2 Å². The van der Waals surface area contributed by atoms with Crippen LogP contribution in [0.3, 0.4) is 0 Å². The molecule has 7 nitrogen and oxygen atoms in total. The molecule has 1 fully saturated rings. The zero-order valence-electron chi connectivity index (χ0n) is 14.4. The number of aromatic nitrogens is 3. The standard InChI is InChI=1S/C17H20ClN5O2.ClH/c1-2-3-14-19-16(21-15(24)12-4-6-13(18)7-5-12)22-17(20-14)23-8-10-25-11-9-23;/h4-7H,2-3,8-11H2,1H3,(H,19,20,21,22,24);1H. The Labute approximate surface area is 163 Å².